The molecule has 2 aliphatic rings. The highest BCUT2D eigenvalue weighted by molar-refractivity contribution is 14.0. The highest BCUT2D eigenvalue weighted by atomic mass is 127. The summed E-state index contributed by atoms with van der Waals surface area (Å²) in [6.45, 7) is 6.17. The van der Waals surface area contributed by atoms with Gasteiger partial charge in [0.15, 0.2) is 5.96 Å². The average Bonchev–Trinajstić information content (AvgIpc) is 3.34. The van der Waals surface area contributed by atoms with Crippen LogP contribution < -0.4 is 10.6 Å². The van der Waals surface area contributed by atoms with Crippen LogP contribution >= 0.6 is 24.0 Å². The molecule has 0 spiro atoms. The Balaban J connectivity index is 0.00000300. The van der Waals surface area contributed by atoms with E-state index in [9.17, 15) is 4.79 Å². The largest absolute Gasteiger partial charge is 0.355 e. The number of amides is 1. The molecule has 1 saturated carbocycles. The first-order valence-electron chi connectivity index (χ1n) is 11.0. The molecule has 1 aromatic heterocycles. The third kappa shape index (κ3) is 7.75. The van der Waals surface area contributed by atoms with Gasteiger partial charge in [-0.05, 0) is 25.7 Å². The van der Waals surface area contributed by atoms with Crippen molar-refractivity contribution in [2.24, 2.45) is 4.99 Å². The molecule has 0 unspecified atom stereocenters. The van der Waals surface area contributed by atoms with Crippen LogP contribution in [0.4, 0.5) is 0 Å². The number of aromatic nitrogens is 3. The van der Waals surface area contributed by atoms with E-state index < -0.39 is 0 Å². The standard InChI is InChI=1S/C20H35N7O.HI/c1-2-18-25-23-16-27(18)15-12-22-20(24-17-8-4-3-5-9-17)21-11-7-14-26-13-6-10-19(26)28;/h16-17H,2-15H2,1H3,(H2,21,22,24);1H. The molecule has 164 valence electrons. The van der Waals surface area contributed by atoms with Crippen molar-refractivity contribution in [2.75, 3.05) is 26.2 Å². The molecule has 9 heteroatoms. The molecule has 2 N–H and O–H groups in total. The molecule has 0 aromatic carbocycles. The highest BCUT2D eigenvalue weighted by Gasteiger charge is 2.19. The summed E-state index contributed by atoms with van der Waals surface area (Å²) in [5.41, 5.74) is 0. The van der Waals surface area contributed by atoms with Crippen molar-refractivity contribution in [2.45, 2.75) is 77.3 Å². The molecule has 3 rings (SSSR count). The van der Waals surface area contributed by atoms with Crippen LogP contribution in [0.1, 0.15) is 64.1 Å². The quantitative estimate of drug-likeness (QED) is 0.227. The van der Waals surface area contributed by atoms with E-state index in [0.717, 1.165) is 63.8 Å². The van der Waals surface area contributed by atoms with Crippen LogP contribution in [0.3, 0.4) is 0 Å². The number of hydrogen-bond acceptors (Lipinski definition) is 4. The summed E-state index contributed by atoms with van der Waals surface area (Å²) in [5.74, 6) is 2.20. The first-order valence-corrected chi connectivity index (χ1v) is 11.0. The van der Waals surface area contributed by atoms with Gasteiger partial charge in [-0.1, -0.05) is 26.2 Å². The smallest absolute Gasteiger partial charge is 0.222 e. The zero-order chi connectivity index (χ0) is 19.6. The van der Waals surface area contributed by atoms with Crippen molar-refractivity contribution in [3.8, 4) is 0 Å². The first kappa shape index (κ1) is 23.9. The molecule has 29 heavy (non-hydrogen) atoms. The molecule has 2 heterocycles. The highest BCUT2D eigenvalue weighted by Crippen LogP contribution is 2.17. The van der Waals surface area contributed by atoms with E-state index in [2.05, 4.69) is 32.3 Å². The Morgan fingerprint density at radius 2 is 2.07 bits per heavy atom. The number of guanidine groups is 1. The molecular weight excluding hydrogens is 481 g/mol. The topological polar surface area (TPSA) is 87.4 Å². The number of carbonyl (C=O) groups is 1. The molecule has 8 nitrogen and oxygen atoms in total. The number of aliphatic imine (C=N–C) groups is 1. The van der Waals surface area contributed by atoms with Gasteiger partial charge in [0.1, 0.15) is 12.2 Å². The number of hydrogen-bond donors (Lipinski definition) is 2. The maximum absolute atomic E-state index is 11.7. The SMILES string of the molecule is CCc1nncn1CCNC(=NCCCN1CCCC1=O)NC1CCCCC1.I. The third-order valence-corrected chi connectivity index (χ3v) is 5.63. The van der Waals surface area contributed by atoms with Gasteiger partial charge >= 0.3 is 0 Å². The number of carbonyl (C=O) groups excluding carboxylic acids is 1. The number of nitrogens with zero attached hydrogens (tertiary/aromatic N) is 5. The summed E-state index contributed by atoms with van der Waals surface area (Å²) in [5, 5.41) is 15.2. The Bertz CT molecular complexity index is 643. The molecule has 1 amide bonds. The zero-order valence-corrected chi connectivity index (χ0v) is 19.9. The van der Waals surface area contributed by atoms with E-state index >= 15 is 0 Å². The van der Waals surface area contributed by atoms with Gasteiger partial charge in [0.05, 0.1) is 0 Å². The van der Waals surface area contributed by atoms with Gasteiger partial charge in [-0.3, -0.25) is 9.79 Å². The normalized spacial score (nSPS) is 18.0. The van der Waals surface area contributed by atoms with E-state index in [1.165, 1.54) is 32.1 Å². The van der Waals surface area contributed by atoms with Crippen LogP contribution in [0.5, 0.6) is 0 Å². The van der Waals surface area contributed by atoms with E-state index in [-0.39, 0.29) is 24.0 Å². The summed E-state index contributed by atoms with van der Waals surface area (Å²) in [6, 6.07) is 0.515. The molecule has 0 radical (unpaired) electrons. The van der Waals surface area contributed by atoms with Gasteiger partial charge in [0.2, 0.25) is 5.91 Å². The van der Waals surface area contributed by atoms with Crippen LogP contribution in [0, 0.1) is 0 Å². The van der Waals surface area contributed by atoms with Crippen molar-refractivity contribution in [3.63, 3.8) is 0 Å². The molecule has 1 aromatic rings. The van der Waals surface area contributed by atoms with Crippen LogP contribution in [-0.4, -0.2) is 63.8 Å². The fraction of sp³-hybridized carbons (Fsp3) is 0.800. The summed E-state index contributed by atoms with van der Waals surface area (Å²) in [7, 11) is 0. The van der Waals surface area contributed by atoms with Crippen LogP contribution in [0.25, 0.3) is 0 Å². The summed E-state index contributed by atoms with van der Waals surface area (Å²) < 4.78 is 2.09. The summed E-state index contributed by atoms with van der Waals surface area (Å²) >= 11 is 0. The van der Waals surface area contributed by atoms with Gasteiger partial charge in [0.25, 0.3) is 0 Å². The minimum atomic E-state index is 0. The predicted octanol–water partition coefficient (Wildman–Crippen LogP) is 2.34. The molecule has 1 saturated heterocycles. The van der Waals surface area contributed by atoms with Crippen LogP contribution in [-0.2, 0) is 17.8 Å². The minimum Gasteiger partial charge on any atom is -0.355 e. The maximum atomic E-state index is 11.7. The molecular formula is C20H36IN7O. The number of likely N-dealkylation sites (tertiary alicyclic amines) is 1. The lowest BCUT2D eigenvalue weighted by Gasteiger charge is -2.25. The fourth-order valence-electron chi connectivity index (χ4n) is 4.02. The van der Waals surface area contributed by atoms with E-state index in [1.54, 1.807) is 6.33 Å². The average molecular weight is 517 g/mol. The summed E-state index contributed by atoms with van der Waals surface area (Å²) in [4.78, 5) is 18.5. The zero-order valence-electron chi connectivity index (χ0n) is 17.6. The number of nitrogens with one attached hydrogen (secondary N) is 2. The van der Waals surface area contributed by atoms with E-state index in [1.807, 2.05) is 4.90 Å². The number of rotatable bonds is 9. The Morgan fingerprint density at radius 3 is 2.79 bits per heavy atom. The van der Waals surface area contributed by atoms with E-state index in [0.29, 0.717) is 18.4 Å². The van der Waals surface area contributed by atoms with Crippen LogP contribution in [0.15, 0.2) is 11.3 Å². The van der Waals surface area contributed by atoms with Crippen LogP contribution in [0.2, 0.25) is 0 Å². The number of halogens is 1. The van der Waals surface area contributed by atoms with Crippen molar-refractivity contribution in [3.05, 3.63) is 12.2 Å². The second-order valence-corrected chi connectivity index (χ2v) is 7.77. The molecule has 0 atom stereocenters. The second kappa shape index (κ2) is 13.0. The Hall–Kier alpha value is -1.39. The Labute approximate surface area is 191 Å². The van der Waals surface area contributed by atoms with Gasteiger partial charge in [0, 0.05) is 51.6 Å². The lowest BCUT2D eigenvalue weighted by atomic mass is 9.96. The molecule has 0 bridgehead atoms. The second-order valence-electron chi connectivity index (χ2n) is 7.77. The summed E-state index contributed by atoms with van der Waals surface area (Å²) in [6.07, 6.45) is 11.7. The minimum absolute atomic E-state index is 0. The molecule has 2 fully saturated rings. The van der Waals surface area contributed by atoms with Crippen molar-refractivity contribution < 1.29 is 4.79 Å². The van der Waals surface area contributed by atoms with Crippen molar-refractivity contribution in [1.82, 2.24) is 30.3 Å². The van der Waals surface area contributed by atoms with Gasteiger partial charge in [-0.25, -0.2) is 0 Å². The maximum Gasteiger partial charge on any atom is 0.222 e. The van der Waals surface area contributed by atoms with Crippen molar-refractivity contribution >= 4 is 35.8 Å². The Morgan fingerprint density at radius 1 is 1.24 bits per heavy atom. The van der Waals surface area contributed by atoms with Gasteiger partial charge in [-0.15, -0.1) is 34.2 Å². The van der Waals surface area contributed by atoms with Gasteiger partial charge < -0.3 is 20.1 Å². The molecule has 1 aliphatic heterocycles. The third-order valence-electron chi connectivity index (χ3n) is 5.63. The lowest BCUT2D eigenvalue weighted by molar-refractivity contribution is -0.127. The van der Waals surface area contributed by atoms with Crippen molar-refractivity contribution in [1.29, 1.82) is 0 Å². The first-order chi connectivity index (χ1) is 13.8. The monoisotopic (exact) mass is 517 g/mol. The fourth-order valence-corrected chi connectivity index (χ4v) is 4.02. The lowest BCUT2D eigenvalue weighted by Crippen LogP contribution is -2.45. The predicted molar refractivity (Wildman–Crippen MR) is 126 cm³/mol. The molecule has 1 aliphatic carbocycles. The van der Waals surface area contributed by atoms with E-state index in [4.69, 9.17) is 4.99 Å². The van der Waals surface area contributed by atoms with Gasteiger partial charge in [-0.2, -0.15) is 0 Å². The number of aryl methyl sites for hydroxylation is 1. The Kier molecular flexibility index (Phi) is 10.7.